The van der Waals surface area contributed by atoms with E-state index in [4.69, 9.17) is 11.6 Å². The SMILES string of the molecule is Clc1ccc(-c2csc3nncn23)cc1. The summed E-state index contributed by atoms with van der Waals surface area (Å²) in [6.45, 7) is 0. The van der Waals surface area contributed by atoms with Crippen LogP contribution in [0.1, 0.15) is 0 Å². The molecule has 2 aromatic heterocycles. The van der Waals surface area contributed by atoms with Gasteiger partial charge in [-0.05, 0) is 17.7 Å². The quantitative estimate of drug-likeness (QED) is 0.649. The lowest BCUT2D eigenvalue weighted by atomic mass is 10.2. The third kappa shape index (κ3) is 1.42. The van der Waals surface area contributed by atoms with Gasteiger partial charge < -0.3 is 0 Å². The molecule has 0 bridgehead atoms. The summed E-state index contributed by atoms with van der Waals surface area (Å²) in [5.74, 6) is 0. The molecule has 0 aliphatic heterocycles. The average molecular weight is 236 g/mol. The zero-order chi connectivity index (χ0) is 10.3. The Morgan fingerprint density at radius 3 is 2.80 bits per heavy atom. The van der Waals surface area contributed by atoms with Crippen molar-refractivity contribution in [1.82, 2.24) is 14.6 Å². The number of hydrogen-bond donors (Lipinski definition) is 0. The largest absolute Gasteiger partial charge is 0.272 e. The van der Waals surface area contributed by atoms with Crippen molar-refractivity contribution < 1.29 is 0 Å². The number of fused-ring (bicyclic) bond motifs is 1. The van der Waals surface area contributed by atoms with E-state index in [2.05, 4.69) is 15.6 Å². The van der Waals surface area contributed by atoms with Gasteiger partial charge in [0.2, 0.25) is 4.96 Å². The van der Waals surface area contributed by atoms with Crippen LogP contribution in [0.4, 0.5) is 0 Å². The van der Waals surface area contributed by atoms with Gasteiger partial charge in [-0.15, -0.1) is 21.5 Å². The van der Waals surface area contributed by atoms with Crippen LogP contribution in [0.5, 0.6) is 0 Å². The molecule has 0 fully saturated rings. The van der Waals surface area contributed by atoms with Gasteiger partial charge in [0, 0.05) is 10.4 Å². The number of hydrogen-bond acceptors (Lipinski definition) is 3. The number of thiazole rings is 1. The first-order valence-corrected chi connectivity index (χ1v) is 5.63. The maximum absolute atomic E-state index is 5.84. The van der Waals surface area contributed by atoms with E-state index < -0.39 is 0 Å². The van der Waals surface area contributed by atoms with Crippen LogP contribution in [-0.2, 0) is 0 Å². The minimum absolute atomic E-state index is 0.744. The van der Waals surface area contributed by atoms with Gasteiger partial charge in [-0.1, -0.05) is 23.7 Å². The minimum Gasteiger partial charge on any atom is -0.272 e. The Morgan fingerprint density at radius 2 is 2.00 bits per heavy atom. The first-order chi connectivity index (χ1) is 7.34. The van der Waals surface area contributed by atoms with Crippen molar-refractivity contribution in [3.8, 4) is 11.3 Å². The molecule has 2 heterocycles. The summed E-state index contributed by atoms with van der Waals surface area (Å²) < 4.78 is 1.97. The van der Waals surface area contributed by atoms with Gasteiger partial charge in [0.25, 0.3) is 0 Å². The average Bonchev–Trinajstić information content (AvgIpc) is 2.80. The van der Waals surface area contributed by atoms with Gasteiger partial charge in [0.05, 0.1) is 5.69 Å². The molecule has 0 radical (unpaired) electrons. The van der Waals surface area contributed by atoms with E-state index in [9.17, 15) is 0 Å². The normalized spacial score (nSPS) is 11.0. The summed E-state index contributed by atoms with van der Waals surface area (Å²) in [4.78, 5) is 0.903. The number of halogens is 1. The second kappa shape index (κ2) is 3.32. The van der Waals surface area contributed by atoms with Gasteiger partial charge in [0.1, 0.15) is 6.33 Å². The highest BCUT2D eigenvalue weighted by molar-refractivity contribution is 7.15. The molecule has 0 atom stereocenters. The van der Waals surface area contributed by atoms with Gasteiger partial charge in [0.15, 0.2) is 0 Å². The summed E-state index contributed by atoms with van der Waals surface area (Å²) in [6.07, 6.45) is 1.72. The molecule has 5 heteroatoms. The topological polar surface area (TPSA) is 30.2 Å². The fourth-order valence-corrected chi connectivity index (χ4v) is 2.41. The molecule has 1 aromatic carbocycles. The van der Waals surface area contributed by atoms with Gasteiger partial charge in [-0.3, -0.25) is 4.40 Å². The van der Waals surface area contributed by atoms with Crippen LogP contribution in [0.25, 0.3) is 16.2 Å². The van der Waals surface area contributed by atoms with Gasteiger partial charge in [-0.2, -0.15) is 0 Å². The van der Waals surface area contributed by atoms with E-state index in [1.165, 1.54) is 0 Å². The van der Waals surface area contributed by atoms with E-state index in [1.807, 2.05) is 28.7 Å². The summed E-state index contributed by atoms with van der Waals surface area (Å²) in [5.41, 5.74) is 2.21. The van der Waals surface area contributed by atoms with Crippen LogP contribution in [0, 0.1) is 0 Å². The molecule has 0 N–H and O–H groups in total. The maximum atomic E-state index is 5.84. The summed E-state index contributed by atoms with van der Waals surface area (Å²) in [7, 11) is 0. The molecular weight excluding hydrogens is 230 g/mol. The van der Waals surface area contributed by atoms with Crippen molar-refractivity contribution in [3.63, 3.8) is 0 Å². The summed E-state index contributed by atoms with van der Waals surface area (Å²) in [6, 6.07) is 7.74. The zero-order valence-electron chi connectivity index (χ0n) is 7.59. The molecule has 0 saturated carbocycles. The Bertz CT molecular complexity index is 596. The number of rotatable bonds is 1. The summed E-state index contributed by atoms with van der Waals surface area (Å²) >= 11 is 7.42. The standard InChI is InChI=1S/C10H6ClN3S/c11-8-3-1-7(2-4-8)9-5-15-10-13-12-6-14(9)10/h1-6H. The van der Waals surface area contributed by atoms with Crippen molar-refractivity contribution in [2.24, 2.45) is 0 Å². The third-order valence-electron chi connectivity index (χ3n) is 2.19. The highest BCUT2D eigenvalue weighted by Gasteiger charge is 2.06. The monoisotopic (exact) mass is 235 g/mol. The lowest BCUT2D eigenvalue weighted by Crippen LogP contribution is -1.82. The van der Waals surface area contributed by atoms with Crippen molar-refractivity contribution in [2.75, 3.05) is 0 Å². The predicted molar refractivity (Wildman–Crippen MR) is 61.3 cm³/mol. The third-order valence-corrected chi connectivity index (χ3v) is 3.27. The van der Waals surface area contributed by atoms with Crippen molar-refractivity contribution >= 4 is 27.9 Å². The summed E-state index contributed by atoms with van der Waals surface area (Å²) in [5, 5.41) is 10.7. The number of benzene rings is 1. The zero-order valence-corrected chi connectivity index (χ0v) is 9.16. The first kappa shape index (κ1) is 8.88. The molecule has 0 aliphatic carbocycles. The lowest BCUT2D eigenvalue weighted by molar-refractivity contribution is 1.10. The Kier molecular flexibility index (Phi) is 1.97. The molecule has 3 nitrogen and oxygen atoms in total. The Balaban J connectivity index is 2.21. The predicted octanol–water partition coefficient (Wildman–Crippen LogP) is 3.11. The smallest absolute Gasteiger partial charge is 0.216 e. The fourth-order valence-electron chi connectivity index (χ4n) is 1.46. The molecule has 74 valence electrons. The van der Waals surface area contributed by atoms with Crippen LogP contribution in [0.3, 0.4) is 0 Å². The fraction of sp³-hybridized carbons (Fsp3) is 0. The maximum Gasteiger partial charge on any atom is 0.216 e. The molecule has 3 aromatic rings. The molecule has 0 amide bonds. The number of nitrogens with zero attached hydrogens (tertiary/aromatic N) is 3. The van der Waals surface area contributed by atoms with E-state index in [0.717, 1.165) is 21.2 Å². The Labute approximate surface area is 95.0 Å². The van der Waals surface area contributed by atoms with Gasteiger partial charge >= 0.3 is 0 Å². The highest BCUT2D eigenvalue weighted by Crippen LogP contribution is 2.25. The van der Waals surface area contributed by atoms with Crippen LogP contribution < -0.4 is 0 Å². The van der Waals surface area contributed by atoms with Crippen LogP contribution in [-0.4, -0.2) is 14.6 Å². The van der Waals surface area contributed by atoms with Gasteiger partial charge in [-0.25, -0.2) is 0 Å². The lowest BCUT2D eigenvalue weighted by Gasteiger charge is -1.98. The molecule has 0 unspecified atom stereocenters. The van der Waals surface area contributed by atoms with Crippen LogP contribution in [0.2, 0.25) is 5.02 Å². The van der Waals surface area contributed by atoms with E-state index >= 15 is 0 Å². The van der Waals surface area contributed by atoms with Crippen LogP contribution in [0.15, 0.2) is 36.0 Å². The molecule has 0 spiro atoms. The van der Waals surface area contributed by atoms with Crippen molar-refractivity contribution in [1.29, 1.82) is 0 Å². The second-order valence-corrected chi connectivity index (χ2v) is 4.38. The van der Waals surface area contributed by atoms with Crippen LogP contribution >= 0.6 is 22.9 Å². The second-order valence-electron chi connectivity index (χ2n) is 3.11. The molecule has 15 heavy (non-hydrogen) atoms. The van der Waals surface area contributed by atoms with Crippen molar-refractivity contribution in [3.05, 3.63) is 41.0 Å². The Hall–Kier alpha value is -1.39. The molecule has 0 aliphatic rings. The van der Waals surface area contributed by atoms with Crippen molar-refractivity contribution in [2.45, 2.75) is 0 Å². The molecule has 3 rings (SSSR count). The molecule has 0 saturated heterocycles. The Morgan fingerprint density at radius 1 is 1.20 bits per heavy atom. The van der Waals surface area contributed by atoms with E-state index in [1.54, 1.807) is 17.7 Å². The first-order valence-electron chi connectivity index (χ1n) is 4.38. The number of aromatic nitrogens is 3. The van der Waals surface area contributed by atoms with E-state index in [0.29, 0.717) is 0 Å². The minimum atomic E-state index is 0.744. The highest BCUT2D eigenvalue weighted by atomic mass is 35.5. The van der Waals surface area contributed by atoms with E-state index in [-0.39, 0.29) is 0 Å². The molecular formula is C10H6ClN3S.